The maximum Gasteiger partial charge on any atom is 0.102 e. The third kappa shape index (κ3) is 5.72. The minimum atomic E-state index is -0.809. The van der Waals surface area contributed by atoms with E-state index in [1.807, 2.05) is 0 Å². The zero-order chi connectivity index (χ0) is 7.28. The van der Waals surface area contributed by atoms with Gasteiger partial charge in [0.1, 0.15) is 12.3 Å². The molecule has 0 fully saturated rings. The van der Waals surface area contributed by atoms with E-state index in [1.54, 1.807) is 6.92 Å². The molecule has 0 aromatic carbocycles. The summed E-state index contributed by atoms with van der Waals surface area (Å²) in [6, 6.07) is 0. The molecule has 0 aromatic rings. The summed E-state index contributed by atoms with van der Waals surface area (Å²) < 4.78 is 4.76. The van der Waals surface area contributed by atoms with Crippen LogP contribution in [0.25, 0.3) is 0 Å². The Morgan fingerprint density at radius 1 is 1.67 bits per heavy atom. The molecule has 4 N–H and O–H groups in total. The van der Waals surface area contributed by atoms with E-state index < -0.39 is 6.10 Å². The van der Waals surface area contributed by atoms with Crippen LogP contribution in [0.2, 0.25) is 0 Å². The summed E-state index contributed by atoms with van der Waals surface area (Å²) in [6.07, 6.45) is -1.19. The molecule has 56 valence electrons. The van der Waals surface area contributed by atoms with Crippen LogP contribution in [0.3, 0.4) is 0 Å². The fraction of sp³-hybridized carbons (Fsp3) is 1.00. The van der Waals surface area contributed by atoms with Crippen molar-refractivity contribution < 1.29 is 14.9 Å². The minimum absolute atomic E-state index is 0.0914. The van der Waals surface area contributed by atoms with Gasteiger partial charge in [-0.2, -0.15) is 0 Å². The lowest BCUT2D eigenvalue weighted by atomic mass is 10.4. The van der Waals surface area contributed by atoms with Crippen molar-refractivity contribution >= 4 is 0 Å². The summed E-state index contributed by atoms with van der Waals surface area (Å²) in [5.74, 6) is 0. The smallest absolute Gasteiger partial charge is 0.102 e. The Balaban J connectivity index is 3.06. The standard InChI is InChI=1S/C5H13NO3/c1-4(6)9-3-5(8)2-7/h4-5,7-8H,2-3,6H2,1H3. The monoisotopic (exact) mass is 135 g/mol. The maximum atomic E-state index is 8.68. The zero-order valence-electron chi connectivity index (χ0n) is 5.45. The Bertz CT molecular complexity index is 67.2. The molecule has 0 aliphatic carbocycles. The first-order valence-corrected chi connectivity index (χ1v) is 2.83. The van der Waals surface area contributed by atoms with E-state index in [-0.39, 0.29) is 19.4 Å². The number of rotatable bonds is 4. The van der Waals surface area contributed by atoms with Crippen molar-refractivity contribution in [3.8, 4) is 0 Å². The summed E-state index contributed by atoms with van der Waals surface area (Å²) in [7, 11) is 0. The first-order valence-electron chi connectivity index (χ1n) is 2.83. The molecule has 0 rings (SSSR count). The molecule has 0 saturated carbocycles. The van der Waals surface area contributed by atoms with Crippen LogP contribution in [0.5, 0.6) is 0 Å². The molecule has 0 bridgehead atoms. The van der Waals surface area contributed by atoms with Crippen molar-refractivity contribution in [2.75, 3.05) is 13.2 Å². The molecule has 0 aromatic heterocycles. The van der Waals surface area contributed by atoms with E-state index in [4.69, 9.17) is 20.7 Å². The van der Waals surface area contributed by atoms with Crippen LogP contribution in [0.1, 0.15) is 6.92 Å². The molecular formula is C5H13NO3. The van der Waals surface area contributed by atoms with Gasteiger partial charge in [0.25, 0.3) is 0 Å². The molecule has 2 atom stereocenters. The number of aliphatic hydroxyl groups is 2. The third-order valence-corrected chi connectivity index (χ3v) is 0.762. The van der Waals surface area contributed by atoms with Gasteiger partial charge in [-0.3, -0.25) is 0 Å². The highest BCUT2D eigenvalue weighted by Crippen LogP contribution is 1.85. The predicted molar refractivity (Wildman–Crippen MR) is 32.7 cm³/mol. The van der Waals surface area contributed by atoms with E-state index in [9.17, 15) is 0 Å². The number of hydrogen-bond donors (Lipinski definition) is 3. The Labute approximate surface area is 54.2 Å². The predicted octanol–water partition coefficient (Wildman–Crippen LogP) is -1.34. The number of hydrogen-bond acceptors (Lipinski definition) is 4. The van der Waals surface area contributed by atoms with Crippen molar-refractivity contribution in [1.82, 2.24) is 0 Å². The fourth-order valence-electron chi connectivity index (χ4n) is 0.316. The summed E-state index contributed by atoms with van der Waals surface area (Å²) >= 11 is 0. The van der Waals surface area contributed by atoms with E-state index >= 15 is 0 Å². The van der Waals surface area contributed by atoms with Gasteiger partial charge < -0.3 is 20.7 Å². The molecule has 0 amide bonds. The van der Waals surface area contributed by atoms with Crippen LogP contribution in [0.15, 0.2) is 0 Å². The van der Waals surface area contributed by atoms with Gasteiger partial charge in [-0.05, 0) is 6.92 Å². The molecule has 0 spiro atoms. The second-order valence-corrected chi connectivity index (χ2v) is 1.87. The lowest BCUT2D eigenvalue weighted by Gasteiger charge is -2.09. The minimum Gasteiger partial charge on any atom is -0.394 e. The third-order valence-electron chi connectivity index (χ3n) is 0.762. The van der Waals surface area contributed by atoms with E-state index in [0.29, 0.717) is 0 Å². The average molecular weight is 135 g/mol. The zero-order valence-corrected chi connectivity index (χ0v) is 5.45. The molecule has 4 heteroatoms. The highest BCUT2D eigenvalue weighted by atomic mass is 16.5. The summed E-state index contributed by atoms with van der Waals surface area (Å²) in [5.41, 5.74) is 5.18. The van der Waals surface area contributed by atoms with E-state index in [0.717, 1.165) is 0 Å². The lowest BCUT2D eigenvalue weighted by Crippen LogP contribution is -2.27. The van der Waals surface area contributed by atoms with Crippen LogP contribution < -0.4 is 5.73 Å². The Morgan fingerprint density at radius 3 is 2.56 bits per heavy atom. The van der Waals surface area contributed by atoms with Gasteiger partial charge in [0, 0.05) is 0 Å². The second kappa shape index (κ2) is 4.69. The van der Waals surface area contributed by atoms with Crippen molar-refractivity contribution in [3.05, 3.63) is 0 Å². The van der Waals surface area contributed by atoms with Crippen LogP contribution in [0, 0.1) is 0 Å². The van der Waals surface area contributed by atoms with Crippen LogP contribution in [0.4, 0.5) is 0 Å². The Morgan fingerprint density at radius 2 is 2.22 bits per heavy atom. The lowest BCUT2D eigenvalue weighted by molar-refractivity contribution is -0.0204. The molecular weight excluding hydrogens is 122 g/mol. The molecule has 9 heavy (non-hydrogen) atoms. The van der Waals surface area contributed by atoms with Crippen molar-refractivity contribution in [1.29, 1.82) is 0 Å². The molecule has 0 heterocycles. The molecule has 0 saturated heterocycles. The van der Waals surface area contributed by atoms with Gasteiger partial charge >= 0.3 is 0 Å². The molecule has 0 radical (unpaired) electrons. The largest absolute Gasteiger partial charge is 0.394 e. The summed E-state index contributed by atoms with van der Waals surface area (Å²) in [4.78, 5) is 0. The fourth-order valence-corrected chi connectivity index (χ4v) is 0.316. The summed E-state index contributed by atoms with van der Waals surface area (Å²) in [5, 5.41) is 17.0. The van der Waals surface area contributed by atoms with Crippen LogP contribution >= 0.6 is 0 Å². The van der Waals surface area contributed by atoms with Gasteiger partial charge in [0.05, 0.1) is 13.2 Å². The topological polar surface area (TPSA) is 75.7 Å². The maximum absolute atomic E-state index is 8.68. The second-order valence-electron chi connectivity index (χ2n) is 1.87. The first kappa shape index (κ1) is 8.84. The molecule has 0 aliphatic heterocycles. The Hall–Kier alpha value is -0.160. The SMILES string of the molecule is CC(N)OCC(O)CO. The van der Waals surface area contributed by atoms with Gasteiger partial charge in [0.2, 0.25) is 0 Å². The normalized spacial score (nSPS) is 17.3. The molecule has 4 nitrogen and oxygen atoms in total. The average Bonchev–Trinajstić information content (AvgIpc) is 1.83. The highest BCUT2D eigenvalue weighted by Gasteiger charge is 2.01. The quantitative estimate of drug-likeness (QED) is 0.417. The highest BCUT2D eigenvalue weighted by molar-refractivity contribution is 4.49. The van der Waals surface area contributed by atoms with E-state index in [1.165, 1.54) is 0 Å². The van der Waals surface area contributed by atoms with Gasteiger partial charge in [-0.15, -0.1) is 0 Å². The Kier molecular flexibility index (Phi) is 4.61. The molecule has 2 unspecified atom stereocenters. The van der Waals surface area contributed by atoms with Crippen molar-refractivity contribution in [3.63, 3.8) is 0 Å². The van der Waals surface area contributed by atoms with Crippen molar-refractivity contribution in [2.45, 2.75) is 19.3 Å². The summed E-state index contributed by atoms with van der Waals surface area (Å²) in [6.45, 7) is 1.46. The van der Waals surface area contributed by atoms with Crippen molar-refractivity contribution in [2.24, 2.45) is 5.73 Å². The van der Waals surface area contributed by atoms with Gasteiger partial charge in [-0.25, -0.2) is 0 Å². The first-order chi connectivity index (χ1) is 4.16. The number of nitrogens with two attached hydrogens (primary N) is 1. The van der Waals surface area contributed by atoms with Crippen LogP contribution in [-0.4, -0.2) is 35.8 Å². The van der Waals surface area contributed by atoms with Gasteiger partial charge in [0.15, 0.2) is 0 Å². The number of ether oxygens (including phenoxy) is 1. The molecule has 0 aliphatic rings. The van der Waals surface area contributed by atoms with Crippen LogP contribution in [-0.2, 0) is 4.74 Å². The van der Waals surface area contributed by atoms with E-state index in [2.05, 4.69) is 0 Å². The van der Waals surface area contributed by atoms with Gasteiger partial charge in [-0.1, -0.05) is 0 Å². The number of aliphatic hydroxyl groups excluding tert-OH is 2.